The fraction of sp³-hybridized carbons (Fsp3) is 0.333. The minimum absolute atomic E-state index is 0.566. The van der Waals surface area contributed by atoms with E-state index < -0.39 is 0 Å². The zero-order chi connectivity index (χ0) is 13.4. The molecule has 0 atom stereocenters. The van der Waals surface area contributed by atoms with Crippen LogP contribution in [0.3, 0.4) is 0 Å². The first-order chi connectivity index (χ1) is 8.67. The summed E-state index contributed by atoms with van der Waals surface area (Å²) in [4.78, 5) is 3.69. The van der Waals surface area contributed by atoms with Crippen LogP contribution in [-0.2, 0) is 0 Å². The highest BCUT2D eigenvalue weighted by Gasteiger charge is 2.01. The molecule has 0 aromatic heterocycles. The Kier molecular flexibility index (Phi) is 7.02. The van der Waals surface area contributed by atoms with Gasteiger partial charge in [0.2, 0.25) is 6.19 Å². The monoisotopic (exact) mass is 300 g/mol. The van der Waals surface area contributed by atoms with Crippen molar-refractivity contribution in [2.75, 3.05) is 18.6 Å². The highest BCUT2D eigenvalue weighted by atomic mass is 35.5. The summed E-state index contributed by atoms with van der Waals surface area (Å²) < 4.78 is 6.35. The van der Waals surface area contributed by atoms with Crippen molar-refractivity contribution in [3.8, 4) is 11.9 Å². The van der Waals surface area contributed by atoms with E-state index in [1.54, 1.807) is 6.19 Å². The molecule has 0 saturated heterocycles. The Labute approximate surface area is 121 Å². The average Bonchev–Trinajstić information content (AvgIpc) is 2.37. The van der Waals surface area contributed by atoms with Crippen LogP contribution in [0.5, 0.6) is 5.75 Å². The van der Waals surface area contributed by atoms with Gasteiger partial charge in [-0.2, -0.15) is 10.3 Å². The SMILES string of the molecule is CSC(=NC#N)SCCOc1ccc(Cl)c(C)c1. The number of nitrogens with zero attached hydrogens (tertiary/aromatic N) is 2. The van der Waals surface area contributed by atoms with E-state index in [0.29, 0.717) is 6.61 Å². The summed E-state index contributed by atoms with van der Waals surface area (Å²) in [5.74, 6) is 1.56. The molecule has 0 saturated carbocycles. The fourth-order valence-corrected chi connectivity index (χ4v) is 2.59. The maximum atomic E-state index is 8.45. The highest BCUT2D eigenvalue weighted by Crippen LogP contribution is 2.21. The van der Waals surface area contributed by atoms with Crippen LogP contribution >= 0.6 is 35.1 Å². The van der Waals surface area contributed by atoms with Gasteiger partial charge >= 0.3 is 0 Å². The fourth-order valence-electron chi connectivity index (χ4n) is 1.17. The van der Waals surface area contributed by atoms with E-state index >= 15 is 0 Å². The number of ether oxygens (including phenoxy) is 1. The van der Waals surface area contributed by atoms with Gasteiger partial charge in [-0.1, -0.05) is 23.4 Å². The largest absolute Gasteiger partial charge is 0.493 e. The molecule has 0 aliphatic heterocycles. The number of nitriles is 1. The lowest BCUT2D eigenvalue weighted by Gasteiger charge is -2.07. The Balaban J connectivity index is 2.36. The van der Waals surface area contributed by atoms with Crippen molar-refractivity contribution < 1.29 is 4.74 Å². The lowest BCUT2D eigenvalue weighted by molar-refractivity contribution is 0.344. The van der Waals surface area contributed by atoms with Crippen LogP contribution in [0.25, 0.3) is 0 Å². The quantitative estimate of drug-likeness (QED) is 0.365. The number of rotatable bonds is 4. The van der Waals surface area contributed by atoms with Crippen LogP contribution in [0, 0.1) is 18.4 Å². The van der Waals surface area contributed by atoms with Crippen molar-refractivity contribution in [3.63, 3.8) is 0 Å². The smallest absolute Gasteiger partial charge is 0.207 e. The van der Waals surface area contributed by atoms with Crippen LogP contribution < -0.4 is 4.74 Å². The summed E-state index contributed by atoms with van der Waals surface area (Å²) in [5.41, 5.74) is 0.998. The normalized spacial score (nSPS) is 11.1. The summed E-state index contributed by atoms with van der Waals surface area (Å²) >= 11 is 8.90. The van der Waals surface area contributed by atoms with E-state index in [1.807, 2.05) is 31.4 Å². The van der Waals surface area contributed by atoms with E-state index in [9.17, 15) is 0 Å². The first-order valence-electron chi connectivity index (χ1n) is 5.20. The van der Waals surface area contributed by atoms with Crippen molar-refractivity contribution >= 4 is 39.5 Å². The van der Waals surface area contributed by atoms with Crippen LogP contribution in [0.15, 0.2) is 23.2 Å². The third kappa shape index (κ3) is 5.21. The first-order valence-corrected chi connectivity index (χ1v) is 7.78. The summed E-state index contributed by atoms with van der Waals surface area (Å²) in [6.45, 7) is 2.51. The van der Waals surface area contributed by atoms with Gasteiger partial charge in [0.05, 0.1) is 6.61 Å². The van der Waals surface area contributed by atoms with Crippen molar-refractivity contribution in [3.05, 3.63) is 28.8 Å². The Hall–Kier alpha value is -0.830. The molecule has 96 valence electrons. The number of hydrogen-bond acceptors (Lipinski definition) is 5. The molecule has 0 N–H and O–H groups in total. The van der Waals surface area contributed by atoms with E-state index in [2.05, 4.69) is 4.99 Å². The van der Waals surface area contributed by atoms with Gasteiger partial charge in [-0.05, 0) is 36.9 Å². The van der Waals surface area contributed by atoms with Crippen molar-refractivity contribution in [2.24, 2.45) is 4.99 Å². The molecule has 0 fully saturated rings. The lowest BCUT2D eigenvalue weighted by Crippen LogP contribution is -2.02. The summed E-state index contributed by atoms with van der Waals surface area (Å²) in [6, 6.07) is 5.58. The summed E-state index contributed by atoms with van der Waals surface area (Å²) in [6.07, 6.45) is 3.68. The molecule has 6 heteroatoms. The Morgan fingerprint density at radius 1 is 1.56 bits per heavy atom. The van der Waals surface area contributed by atoms with Crippen molar-refractivity contribution in [1.29, 1.82) is 5.26 Å². The number of aryl methyl sites for hydroxylation is 1. The van der Waals surface area contributed by atoms with Gasteiger partial charge in [0.1, 0.15) is 10.1 Å². The molecule has 0 aliphatic rings. The van der Waals surface area contributed by atoms with E-state index in [1.165, 1.54) is 23.5 Å². The second-order valence-corrected chi connectivity index (χ2v) is 5.83. The lowest BCUT2D eigenvalue weighted by atomic mass is 10.2. The molecule has 1 rings (SSSR count). The Morgan fingerprint density at radius 2 is 2.33 bits per heavy atom. The molecule has 3 nitrogen and oxygen atoms in total. The van der Waals surface area contributed by atoms with E-state index in [-0.39, 0.29) is 0 Å². The number of halogens is 1. The predicted octanol–water partition coefficient (Wildman–Crippen LogP) is 3.96. The minimum Gasteiger partial charge on any atom is -0.493 e. The van der Waals surface area contributed by atoms with Gasteiger partial charge < -0.3 is 4.74 Å². The van der Waals surface area contributed by atoms with E-state index in [4.69, 9.17) is 21.6 Å². The van der Waals surface area contributed by atoms with Crippen LogP contribution in [0.2, 0.25) is 5.02 Å². The van der Waals surface area contributed by atoms with Gasteiger partial charge in [-0.3, -0.25) is 0 Å². The molecule has 1 aromatic rings. The number of aliphatic imine (C=N–C) groups is 1. The molecule has 0 spiro atoms. The predicted molar refractivity (Wildman–Crippen MR) is 80.7 cm³/mol. The van der Waals surface area contributed by atoms with Gasteiger partial charge in [0, 0.05) is 10.8 Å². The second-order valence-electron chi connectivity index (χ2n) is 3.29. The van der Waals surface area contributed by atoms with Gasteiger partial charge in [0.25, 0.3) is 0 Å². The van der Waals surface area contributed by atoms with E-state index in [0.717, 1.165) is 26.5 Å². The zero-order valence-corrected chi connectivity index (χ0v) is 12.5. The Bertz CT molecular complexity index is 472. The zero-order valence-electron chi connectivity index (χ0n) is 10.1. The first kappa shape index (κ1) is 15.2. The molecule has 18 heavy (non-hydrogen) atoms. The molecule has 0 heterocycles. The topological polar surface area (TPSA) is 45.4 Å². The van der Waals surface area contributed by atoms with Crippen molar-refractivity contribution in [2.45, 2.75) is 6.92 Å². The molecule has 0 radical (unpaired) electrons. The van der Waals surface area contributed by atoms with Crippen molar-refractivity contribution in [1.82, 2.24) is 0 Å². The third-order valence-corrected chi connectivity index (χ3v) is 4.45. The highest BCUT2D eigenvalue weighted by molar-refractivity contribution is 8.38. The summed E-state index contributed by atoms with van der Waals surface area (Å²) in [5, 5.41) is 9.19. The molecule has 1 aromatic carbocycles. The molecule has 0 bridgehead atoms. The van der Waals surface area contributed by atoms with Crippen LogP contribution in [-0.4, -0.2) is 23.0 Å². The molecular weight excluding hydrogens is 288 g/mol. The maximum Gasteiger partial charge on any atom is 0.207 e. The van der Waals surface area contributed by atoms with Gasteiger partial charge in [-0.15, -0.1) is 11.8 Å². The van der Waals surface area contributed by atoms with Gasteiger partial charge in [-0.25, -0.2) is 0 Å². The molecular formula is C12H13ClN2OS2. The average molecular weight is 301 g/mol. The maximum absolute atomic E-state index is 8.45. The van der Waals surface area contributed by atoms with Crippen LogP contribution in [0.1, 0.15) is 5.56 Å². The number of thioether (sulfide) groups is 2. The minimum atomic E-state index is 0.566. The molecule has 0 aliphatic carbocycles. The standard InChI is InChI=1S/C12H13ClN2OS2/c1-9-7-10(3-4-11(9)13)16-5-6-18-12(17-2)15-8-14/h3-4,7H,5-6H2,1-2H3. The molecule has 0 unspecified atom stereocenters. The molecule has 0 amide bonds. The summed E-state index contributed by atoms with van der Waals surface area (Å²) in [7, 11) is 0. The van der Waals surface area contributed by atoms with Crippen LogP contribution in [0.4, 0.5) is 0 Å². The third-order valence-electron chi connectivity index (χ3n) is 2.02. The second kappa shape index (κ2) is 8.30. The Morgan fingerprint density at radius 3 is 2.94 bits per heavy atom. The number of benzene rings is 1. The van der Waals surface area contributed by atoms with Gasteiger partial charge in [0.15, 0.2) is 0 Å². The number of hydrogen-bond donors (Lipinski definition) is 0.